The van der Waals surface area contributed by atoms with E-state index in [2.05, 4.69) is 17.1 Å². The minimum absolute atomic E-state index is 0.166. The Morgan fingerprint density at radius 2 is 2.00 bits per heavy atom. The molecule has 0 fully saturated rings. The lowest BCUT2D eigenvalue weighted by Gasteiger charge is -2.29. The molecule has 1 atom stereocenters. The zero-order valence-electron chi connectivity index (χ0n) is 12.4. The molecule has 0 aromatic heterocycles. The number of para-hydroxylation sites is 2. The summed E-state index contributed by atoms with van der Waals surface area (Å²) in [5.41, 5.74) is 2.10. The second-order valence-electron chi connectivity index (χ2n) is 5.35. The molecule has 6 nitrogen and oxygen atoms in total. The number of hydrogen-bond acceptors (Lipinski definition) is 4. The Kier molecular flexibility index (Phi) is 4.67. The van der Waals surface area contributed by atoms with Crippen LogP contribution in [0.5, 0.6) is 0 Å². The number of carbonyl (C=O) groups excluding carboxylic acids is 1. The van der Waals surface area contributed by atoms with Gasteiger partial charge in [-0.15, -0.1) is 0 Å². The van der Waals surface area contributed by atoms with E-state index in [0.29, 0.717) is 0 Å². The number of fused-ring (bicyclic) bond motifs is 1. The fourth-order valence-corrected chi connectivity index (χ4v) is 2.55. The van der Waals surface area contributed by atoms with Gasteiger partial charge >= 0.3 is 5.97 Å². The van der Waals surface area contributed by atoms with Crippen LogP contribution in [-0.2, 0) is 9.59 Å². The number of aliphatic carboxylic acids is 1. The molecular formula is C15H21N3O3. The van der Waals surface area contributed by atoms with E-state index in [1.807, 2.05) is 36.2 Å². The Morgan fingerprint density at radius 3 is 2.67 bits per heavy atom. The highest BCUT2D eigenvalue weighted by Gasteiger charge is 2.25. The fraction of sp³-hybridized carbons (Fsp3) is 0.467. The van der Waals surface area contributed by atoms with Crippen molar-refractivity contribution in [2.24, 2.45) is 0 Å². The monoisotopic (exact) mass is 291 g/mol. The summed E-state index contributed by atoms with van der Waals surface area (Å²) >= 11 is 0. The molecule has 114 valence electrons. The lowest BCUT2D eigenvalue weighted by Crippen LogP contribution is -2.43. The van der Waals surface area contributed by atoms with Crippen LogP contribution in [0, 0.1) is 0 Å². The molecule has 0 saturated heterocycles. The Hall–Kier alpha value is -2.24. The molecule has 2 rings (SSSR count). The maximum atomic E-state index is 11.9. The van der Waals surface area contributed by atoms with Gasteiger partial charge in [-0.2, -0.15) is 0 Å². The first-order chi connectivity index (χ1) is 9.99. The number of amides is 1. The van der Waals surface area contributed by atoms with Gasteiger partial charge in [0.1, 0.15) is 6.54 Å². The number of rotatable bonds is 4. The fourth-order valence-electron chi connectivity index (χ4n) is 2.55. The number of carboxylic acids is 1. The number of carbonyl (C=O) groups is 2. The Balaban J connectivity index is 2.18. The van der Waals surface area contributed by atoms with E-state index in [1.165, 1.54) is 0 Å². The maximum absolute atomic E-state index is 11.9. The van der Waals surface area contributed by atoms with E-state index < -0.39 is 5.97 Å². The summed E-state index contributed by atoms with van der Waals surface area (Å²) in [6.45, 7) is 2.83. The number of carboxylic acid groups (broad SMARTS) is 1. The number of hydrogen-bond donors (Lipinski definition) is 2. The molecule has 1 unspecified atom stereocenters. The van der Waals surface area contributed by atoms with Crippen LogP contribution in [0.15, 0.2) is 24.3 Å². The van der Waals surface area contributed by atoms with Crippen LogP contribution in [0.25, 0.3) is 0 Å². The SMILES string of the molecule is CC1CCN(C)c2ccccc2N1CC(=O)NCC(=O)O. The third kappa shape index (κ3) is 3.65. The molecule has 1 amide bonds. The number of nitrogens with zero attached hydrogens (tertiary/aromatic N) is 2. The molecule has 0 bridgehead atoms. The smallest absolute Gasteiger partial charge is 0.322 e. The van der Waals surface area contributed by atoms with Gasteiger partial charge in [0.25, 0.3) is 0 Å². The molecule has 1 aliphatic heterocycles. The second kappa shape index (κ2) is 6.47. The Labute approximate surface area is 124 Å². The van der Waals surface area contributed by atoms with Gasteiger partial charge < -0.3 is 20.2 Å². The molecule has 0 saturated carbocycles. The molecule has 2 N–H and O–H groups in total. The van der Waals surface area contributed by atoms with Crippen LogP contribution < -0.4 is 15.1 Å². The van der Waals surface area contributed by atoms with Gasteiger partial charge in [0.15, 0.2) is 0 Å². The number of anilines is 2. The topological polar surface area (TPSA) is 72.9 Å². The van der Waals surface area contributed by atoms with Crippen molar-refractivity contribution in [1.29, 1.82) is 0 Å². The normalized spacial score (nSPS) is 17.9. The van der Waals surface area contributed by atoms with Gasteiger partial charge in [0.05, 0.1) is 17.9 Å². The minimum atomic E-state index is -1.03. The van der Waals surface area contributed by atoms with Gasteiger partial charge in [-0.3, -0.25) is 9.59 Å². The first kappa shape index (κ1) is 15.2. The minimum Gasteiger partial charge on any atom is -0.480 e. The van der Waals surface area contributed by atoms with E-state index in [1.54, 1.807) is 0 Å². The van der Waals surface area contributed by atoms with E-state index in [4.69, 9.17) is 5.11 Å². The van der Waals surface area contributed by atoms with Crippen molar-refractivity contribution < 1.29 is 14.7 Å². The highest BCUT2D eigenvalue weighted by Crippen LogP contribution is 2.33. The van der Waals surface area contributed by atoms with Gasteiger partial charge in [-0.05, 0) is 25.5 Å². The lowest BCUT2D eigenvalue weighted by atomic mass is 10.2. The third-order valence-electron chi connectivity index (χ3n) is 3.77. The molecule has 1 aromatic carbocycles. The van der Waals surface area contributed by atoms with Crippen molar-refractivity contribution in [1.82, 2.24) is 5.32 Å². The van der Waals surface area contributed by atoms with Crippen LogP contribution in [-0.4, -0.2) is 49.7 Å². The lowest BCUT2D eigenvalue weighted by molar-refractivity contribution is -0.137. The van der Waals surface area contributed by atoms with Crippen molar-refractivity contribution in [3.63, 3.8) is 0 Å². The predicted octanol–water partition coefficient (Wildman–Crippen LogP) is 0.922. The van der Waals surface area contributed by atoms with Crippen LogP contribution in [0.1, 0.15) is 13.3 Å². The summed E-state index contributed by atoms with van der Waals surface area (Å²) < 4.78 is 0. The first-order valence-electron chi connectivity index (χ1n) is 7.04. The van der Waals surface area contributed by atoms with Crippen molar-refractivity contribution in [2.45, 2.75) is 19.4 Å². The van der Waals surface area contributed by atoms with E-state index in [0.717, 1.165) is 24.3 Å². The van der Waals surface area contributed by atoms with Crippen molar-refractivity contribution >= 4 is 23.3 Å². The molecule has 1 heterocycles. The average molecular weight is 291 g/mol. The quantitative estimate of drug-likeness (QED) is 0.863. The highest BCUT2D eigenvalue weighted by molar-refractivity contribution is 5.86. The third-order valence-corrected chi connectivity index (χ3v) is 3.77. The Morgan fingerprint density at radius 1 is 1.33 bits per heavy atom. The predicted molar refractivity (Wildman–Crippen MR) is 81.8 cm³/mol. The largest absolute Gasteiger partial charge is 0.480 e. The summed E-state index contributed by atoms with van der Waals surface area (Å²) in [6, 6.07) is 8.18. The molecule has 0 spiro atoms. The molecule has 0 aliphatic carbocycles. The highest BCUT2D eigenvalue weighted by atomic mass is 16.4. The second-order valence-corrected chi connectivity index (χ2v) is 5.35. The summed E-state index contributed by atoms with van der Waals surface area (Å²) in [5, 5.41) is 11.0. The zero-order valence-corrected chi connectivity index (χ0v) is 12.4. The molecule has 6 heteroatoms. The molecule has 21 heavy (non-hydrogen) atoms. The van der Waals surface area contributed by atoms with Gasteiger partial charge in [-0.1, -0.05) is 12.1 Å². The zero-order chi connectivity index (χ0) is 15.4. The van der Waals surface area contributed by atoms with E-state index >= 15 is 0 Å². The summed E-state index contributed by atoms with van der Waals surface area (Å²) in [7, 11) is 2.04. The van der Waals surface area contributed by atoms with Crippen molar-refractivity contribution in [3.05, 3.63) is 24.3 Å². The maximum Gasteiger partial charge on any atom is 0.322 e. The summed E-state index contributed by atoms with van der Waals surface area (Å²) in [4.78, 5) is 26.7. The van der Waals surface area contributed by atoms with Crippen LogP contribution in [0.3, 0.4) is 0 Å². The van der Waals surface area contributed by atoms with E-state index in [-0.39, 0.29) is 25.0 Å². The average Bonchev–Trinajstić information content (AvgIpc) is 2.58. The molecule has 1 aliphatic rings. The van der Waals surface area contributed by atoms with Crippen molar-refractivity contribution in [2.75, 3.05) is 36.5 Å². The van der Waals surface area contributed by atoms with Crippen LogP contribution in [0.4, 0.5) is 11.4 Å². The molecular weight excluding hydrogens is 270 g/mol. The van der Waals surface area contributed by atoms with Crippen LogP contribution in [0.2, 0.25) is 0 Å². The number of benzene rings is 1. The standard InChI is InChI=1S/C15H21N3O3/c1-11-7-8-17(2)12-5-3-4-6-13(12)18(11)10-14(19)16-9-15(20)21/h3-6,11H,7-10H2,1-2H3,(H,16,19)(H,20,21). The molecule has 0 radical (unpaired) electrons. The van der Waals surface area contributed by atoms with Gasteiger partial charge in [0, 0.05) is 19.6 Å². The summed E-state index contributed by atoms with van der Waals surface area (Å²) in [5.74, 6) is -1.31. The first-order valence-corrected chi connectivity index (χ1v) is 7.04. The number of nitrogens with one attached hydrogen (secondary N) is 1. The van der Waals surface area contributed by atoms with Gasteiger partial charge in [0.2, 0.25) is 5.91 Å². The van der Waals surface area contributed by atoms with E-state index in [9.17, 15) is 9.59 Å². The van der Waals surface area contributed by atoms with Crippen LogP contribution >= 0.6 is 0 Å². The Bertz CT molecular complexity index is 533. The summed E-state index contributed by atoms with van der Waals surface area (Å²) in [6.07, 6.45) is 0.942. The molecule has 1 aromatic rings. The van der Waals surface area contributed by atoms with Gasteiger partial charge in [-0.25, -0.2) is 0 Å². The van der Waals surface area contributed by atoms with Crippen molar-refractivity contribution in [3.8, 4) is 0 Å².